The highest BCUT2D eigenvalue weighted by molar-refractivity contribution is 7.89. The van der Waals surface area contributed by atoms with Gasteiger partial charge in [0.2, 0.25) is 21.8 Å². The summed E-state index contributed by atoms with van der Waals surface area (Å²) >= 11 is 0. The van der Waals surface area contributed by atoms with Crippen molar-refractivity contribution in [1.29, 1.82) is 0 Å². The van der Waals surface area contributed by atoms with Gasteiger partial charge in [0.25, 0.3) is 0 Å². The molecule has 0 aliphatic carbocycles. The van der Waals surface area contributed by atoms with Crippen LogP contribution >= 0.6 is 0 Å². The Bertz CT molecular complexity index is 720. The summed E-state index contributed by atoms with van der Waals surface area (Å²) in [4.78, 5) is 24.7. The molecule has 146 valence electrons. The summed E-state index contributed by atoms with van der Waals surface area (Å²) in [5.74, 6) is -0.382. The number of carbonyl (C=O) groups is 2. The van der Waals surface area contributed by atoms with Crippen molar-refractivity contribution in [2.75, 3.05) is 27.2 Å². The van der Waals surface area contributed by atoms with E-state index in [0.717, 1.165) is 5.56 Å². The van der Waals surface area contributed by atoms with Crippen LogP contribution < -0.4 is 10.0 Å². The van der Waals surface area contributed by atoms with E-state index < -0.39 is 10.0 Å². The van der Waals surface area contributed by atoms with Gasteiger partial charge in [-0.25, -0.2) is 13.1 Å². The van der Waals surface area contributed by atoms with Crippen LogP contribution in [-0.2, 0) is 25.0 Å². The van der Waals surface area contributed by atoms with E-state index in [-0.39, 0.29) is 48.1 Å². The van der Waals surface area contributed by atoms with Crippen LogP contribution in [0.3, 0.4) is 0 Å². The van der Waals surface area contributed by atoms with Crippen LogP contribution in [0.15, 0.2) is 29.2 Å². The van der Waals surface area contributed by atoms with Crippen molar-refractivity contribution in [2.45, 2.75) is 43.9 Å². The first-order chi connectivity index (χ1) is 11.9. The van der Waals surface area contributed by atoms with Crippen LogP contribution in [0.25, 0.3) is 0 Å². The molecule has 0 fully saturated rings. The fourth-order valence-electron chi connectivity index (χ4n) is 2.14. The second kappa shape index (κ2) is 9.14. The van der Waals surface area contributed by atoms with Crippen molar-refractivity contribution in [3.05, 3.63) is 29.8 Å². The Morgan fingerprint density at radius 3 is 2.08 bits per heavy atom. The Kier molecular flexibility index (Phi) is 7.77. The number of nitrogens with one attached hydrogen (secondary N) is 2. The Labute approximate surface area is 156 Å². The highest BCUT2D eigenvalue weighted by atomic mass is 32.2. The molecule has 0 aliphatic heterocycles. The molecule has 0 atom stereocenters. The van der Waals surface area contributed by atoms with Gasteiger partial charge >= 0.3 is 0 Å². The molecule has 0 spiro atoms. The summed E-state index contributed by atoms with van der Waals surface area (Å²) < 4.78 is 26.9. The first-order valence-corrected chi connectivity index (χ1v) is 9.99. The van der Waals surface area contributed by atoms with Gasteiger partial charge in [0.1, 0.15) is 0 Å². The lowest BCUT2D eigenvalue weighted by molar-refractivity contribution is -0.128. The number of amides is 2. The van der Waals surface area contributed by atoms with Crippen LogP contribution in [0, 0.1) is 0 Å². The minimum absolute atomic E-state index is 0.00316. The zero-order valence-corrected chi connectivity index (χ0v) is 16.9. The van der Waals surface area contributed by atoms with E-state index >= 15 is 0 Å². The number of rotatable bonds is 8. The Hall–Kier alpha value is -1.93. The first-order valence-electron chi connectivity index (χ1n) is 8.50. The summed E-state index contributed by atoms with van der Waals surface area (Å²) in [6.45, 7) is 6.39. The van der Waals surface area contributed by atoms with Crippen LogP contribution in [0.1, 0.15) is 39.2 Å². The molecule has 0 unspecified atom stereocenters. The Morgan fingerprint density at radius 1 is 1.00 bits per heavy atom. The number of sulfonamides is 1. The topological polar surface area (TPSA) is 95.6 Å². The largest absolute Gasteiger partial charge is 0.356 e. The molecule has 1 aromatic rings. The highest BCUT2D eigenvalue weighted by Crippen LogP contribution is 2.23. The molecule has 0 heterocycles. The second-order valence-electron chi connectivity index (χ2n) is 7.31. The summed E-state index contributed by atoms with van der Waals surface area (Å²) in [6.07, 6.45) is 0.222. The summed E-state index contributed by atoms with van der Waals surface area (Å²) in [5.41, 5.74) is 0.991. The van der Waals surface area contributed by atoms with Crippen LogP contribution in [0.4, 0.5) is 0 Å². The normalized spacial score (nSPS) is 11.9. The van der Waals surface area contributed by atoms with E-state index in [0.29, 0.717) is 0 Å². The minimum atomic E-state index is -3.65. The van der Waals surface area contributed by atoms with Crippen molar-refractivity contribution >= 4 is 21.8 Å². The fraction of sp³-hybridized carbons (Fsp3) is 0.556. The number of benzene rings is 1. The number of nitrogens with zero attached hydrogens (tertiary/aromatic N) is 1. The lowest BCUT2D eigenvalue weighted by atomic mass is 9.87. The summed E-state index contributed by atoms with van der Waals surface area (Å²) in [6, 6.07) is 6.72. The lowest BCUT2D eigenvalue weighted by Crippen LogP contribution is -2.33. The molecule has 0 bridgehead atoms. The molecule has 1 rings (SSSR count). The molecule has 0 aliphatic rings. The molecular weight excluding hydrogens is 354 g/mol. The molecule has 7 nitrogen and oxygen atoms in total. The van der Waals surface area contributed by atoms with Gasteiger partial charge in [-0.05, 0) is 23.1 Å². The van der Waals surface area contributed by atoms with Gasteiger partial charge in [-0.15, -0.1) is 0 Å². The average Bonchev–Trinajstić information content (AvgIpc) is 2.53. The molecule has 0 radical (unpaired) electrons. The predicted molar refractivity (Wildman–Crippen MR) is 101 cm³/mol. The smallest absolute Gasteiger partial charge is 0.240 e. The molecular formula is C18H29N3O4S. The Morgan fingerprint density at radius 2 is 1.58 bits per heavy atom. The van der Waals surface area contributed by atoms with E-state index in [2.05, 4.69) is 30.8 Å². The van der Waals surface area contributed by atoms with Crippen molar-refractivity contribution in [3.63, 3.8) is 0 Å². The maximum absolute atomic E-state index is 12.3. The van der Waals surface area contributed by atoms with Crippen LogP contribution in [-0.4, -0.2) is 52.3 Å². The van der Waals surface area contributed by atoms with E-state index in [9.17, 15) is 18.0 Å². The highest BCUT2D eigenvalue weighted by Gasteiger charge is 2.17. The van der Waals surface area contributed by atoms with Gasteiger partial charge in [-0.2, -0.15) is 0 Å². The quantitative estimate of drug-likeness (QED) is 0.706. The van der Waals surface area contributed by atoms with Gasteiger partial charge in [0.15, 0.2) is 0 Å². The maximum Gasteiger partial charge on any atom is 0.240 e. The molecule has 0 saturated heterocycles. The molecule has 0 saturated carbocycles. The Balaban J connectivity index is 2.46. The zero-order valence-electron chi connectivity index (χ0n) is 16.1. The SMILES string of the molecule is CN(C)C(=O)CCNC(=O)CCNS(=O)(=O)c1ccc(C(C)(C)C)cc1. The zero-order chi connectivity index (χ0) is 20.0. The fourth-order valence-corrected chi connectivity index (χ4v) is 3.17. The third-order valence-corrected chi connectivity index (χ3v) is 5.31. The molecule has 26 heavy (non-hydrogen) atoms. The summed E-state index contributed by atoms with van der Waals surface area (Å²) in [7, 11) is -0.363. The molecule has 2 amide bonds. The third kappa shape index (κ3) is 7.13. The number of hydrogen-bond acceptors (Lipinski definition) is 4. The van der Waals surface area contributed by atoms with E-state index in [1.807, 2.05) is 0 Å². The van der Waals surface area contributed by atoms with Gasteiger partial charge in [-0.3, -0.25) is 9.59 Å². The molecule has 2 N–H and O–H groups in total. The number of hydrogen-bond donors (Lipinski definition) is 2. The van der Waals surface area contributed by atoms with E-state index in [1.165, 1.54) is 4.90 Å². The van der Waals surface area contributed by atoms with Crippen molar-refractivity contribution < 1.29 is 18.0 Å². The van der Waals surface area contributed by atoms with Crippen molar-refractivity contribution in [1.82, 2.24) is 14.9 Å². The van der Waals surface area contributed by atoms with E-state index in [1.54, 1.807) is 38.4 Å². The number of carbonyl (C=O) groups excluding carboxylic acids is 2. The third-order valence-electron chi connectivity index (χ3n) is 3.83. The van der Waals surface area contributed by atoms with E-state index in [4.69, 9.17) is 0 Å². The van der Waals surface area contributed by atoms with Gasteiger partial charge in [0.05, 0.1) is 4.90 Å². The van der Waals surface area contributed by atoms with Crippen LogP contribution in [0.5, 0.6) is 0 Å². The minimum Gasteiger partial charge on any atom is -0.356 e. The second-order valence-corrected chi connectivity index (χ2v) is 9.08. The molecule has 8 heteroatoms. The summed E-state index contributed by atoms with van der Waals surface area (Å²) in [5, 5.41) is 2.60. The predicted octanol–water partition coefficient (Wildman–Crippen LogP) is 1.25. The molecule has 0 aromatic heterocycles. The standard InChI is InChI=1S/C18H29N3O4S/c1-18(2,3)14-6-8-15(9-7-14)26(24,25)20-13-10-16(22)19-12-11-17(23)21(4)5/h6-9,20H,10-13H2,1-5H3,(H,19,22). The van der Waals surface area contributed by atoms with Gasteiger partial charge in [0, 0.05) is 40.0 Å². The molecule has 1 aromatic carbocycles. The lowest BCUT2D eigenvalue weighted by Gasteiger charge is -2.19. The maximum atomic E-state index is 12.3. The van der Waals surface area contributed by atoms with Crippen LogP contribution in [0.2, 0.25) is 0 Å². The van der Waals surface area contributed by atoms with Gasteiger partial charge in [-0.1, -0.05) is 32.9 Å². The van der Waals surface area contributed by atoms with Gasteiger partial charge < -0.3 is 10.2 Å². The van der Waals surface area contributed by atoms with Crippen molar-refractivity contribution in [3.8, 4) is 0 Å². The average molecular weight is 384 g/mol. The monoisotopic (exact) mass is 383 g/mol. The van der Waals surface area contributed by atoms with Crippen molar-refractivity contribution in [2.24, 2.45) is 0 Å². The first kappa shape index (κ1) is 22.1.